The fraction of sp³-hybridized carbons (Fsp3) is 0.652. The molecule has 1 amide bonds. The van der Waals surface area contributed by atoms with Crippen molar-refractivity contribution in [3.05, 3.63) is 35.9 Å². The maximum absolute atomic E-state index is 12.5. The van der Waals surface area contributed by atoms with Crippen LogP contribution in [0.4, 0.5) is 0 Å². The molecule has 1 aliphatic heterocycles. The van der Waals surface area contributed by atoms with Crippen LogP contribution in [0.2, 0.25) is 0 Å². The molecule has 4 aliphatic rings. The summed E-state index contributed by atoms with van der Waals surface area (Å²) in [6, 6.07) is 0.145. The Balaban J connectivity index is 1.62. The second-order valence-corrected chi connectivity index (χ2v) is 9.91. The van der Waals surface area contributed by atoms with Gasteiger partial charge in [-0.1, -0.05) is 26.3 Å². The minimum absolute atomic E-state index is 0.0217. The summed E-state index contributed by atoms with van der Waals surface area (Å²) in [5, 5.41) is 0. The lowest BCUT2D eigenvalue weighted by Gasteiger charge is -2.60. The number of amides is 1. The number of likely N-dealkylation sites (N-methyl/N-ethyl adjacent to an activating group) is 1. The van der Waals surface area contributed by atoms with E-state index in [1.165, 1.54) is 37.7 Å². The van der Waals surface area contributed by atoms with E-state index in [2.05, 4.69) is 36.0 Å². The number of carbonyl (C=O) groups is 1. The Kier molecular flexibility index (Phi) is 3.73. The lowest BCUT2D eigenvalue weighted by molar-refractivity contribution is -0.133. The van der Waals surface area contributed by atoms with Crippen LogP contribution in [0.3, 0.4) is 0 Å². The van der Waals surface area contributed by atoms with Crippen molar-refractivity contribution in [2.24, 2.45) is 28.6 Å². The highest BCUT2D eigenvalue weighted by molar-refractivity contribution is 5.89. The summed E-state index contributed by atoms with van der Waals surface area (Å²) in [5.74, 6) is 3.25. The van der Waals surface area contributed by atoms with Crippen LogP contribution in [0.25, 0.3) is 6.08 Å². The van der Waals surface area contributed by atoms with E-state index in [0.717, 1.165) is 24.1 Å². The van der Waals surface area contributed by atoms with Gasteiger partial charge in [0.1, 0.15) is 5.82 Å². The van der Waals surface area contributed by atoms with E-state index in [9.17, 15) is 4.79 Å². The van der Waals surface area contributed by atoms with Crippen LogP contribution >= 0.6 is 0 Å². The highest BCUT2D eigenvalue weighted by Gasteiger charge is 2.59. The van der Waals surface area contributed by atoms with Gasteiger partial charge in [0.15, 0.2) is 0 Å². The Morgan fingerprint density at radius 1 is 1.26 bits per heavy atom. The number of imidazole rings is 1. The third kappa shape index (κ3) is 2.41. The van der Waals surface area contributed by atoms with E-state index in [1.807, 2.05) is 30.4 Å². The number of nitrogens with one attached hydrogen (secondary N) is 1. The number of hydrogen-bond donors (Lipinski definition) is 1. The maximum Gasteiger partial charge on any atom is 0.246 e. The number of hydrogen-bond acceptors (Lipinski definition) is 2. The van der Waals surface area contributed by atoms with Crippen LogP contribution in [0.15, 0.2) is 30.1 Å². The van der Waals surface area contributed by atoms with Crippen LogP contribution in [-0.4, -0.2) is 33.9 Å². The summed E-state index contributed by atoms with van der Waals surface area (Å²) in [5.41, 5.74) is 1.93. The summed E-state index contributed by atoms with van der Waals surface area (Å²) in [4.78, 5) is 22.2. The molecule has 6 atom stereocenters. The molecule has 0 bridgehead atoms. The smallest absolute Gasteiger partial charge is 0.246 e. The van der Waals surface area contributed by atoms with Gasteiger partial charge in [0.05, 0.1) is 6.04 Å². The zero-order valence-corrected chi connectivity index (χ0v) is 16.7. The van der Waals surface area contributed by atoms with Gasteiger partial charge >= 0.3 is 0 Å². The highest BCUT2D eigenvalue weighted by atomic mass is 16.2. The van der Waals surface area contributed by atoms with E-state index in [4.69, 9.17) is 0 Å². The SMILES string of the molecule is CN1C(=O)C=C[C@]2(C)[C@H]3CC[C@]4(C)CCC[C@H]4[C@@H]3C/C(=C\c3ncc[nH]3)[C@@H]12. The molecule has 1 aromatic rings. The zero-order valence-electron chi connectivity index (χ0n) is 16.7. The number of aromatic nitrogens is 2. The second kappa shape index (κ2) is 5.83. The molecule has 3 fully saturated rings. The number of aromatic amines is 1. The van der Waals surface area contributed by atoms with E-state index in [1.54, 1.807) is 0 Å². The van der Waals surface area contributed by atoms with Crippen molar-refractivity contribution >= 4 is 12.0 Å². The summed E-state index contributed by atoms with van der Waals surface area (Å²) in [6.45, 7) is 4.94. The van der Waals surface area contributed by atoms with Gasteiger partial charge in [-0.15, -0.1) is 0 Å². The van der Waals surface area contributed by atoms with Crippen molar-refractivity contribution in [3.63, 3.8) is 0 Å². The number of H-pyrrole nitrogens is 1. The molecule has 4 nitrogen and oxygen atoms in total. The van der Waals surface area contributed by atoms with Gasteiger partial charge in [0.25, 0.3) is 0 Å². The molecule has 0 aromatic carbocycles. The number of carbonyl (C=O) groups excluding carboxylic acids is 1. The van der Waals surface area contributed by atoms with E-state index in [0.29, 0.717) is 11.3 Å². The van der Waals surface area contributed by atoms with Crippen LogP contribution in [0.5, 0.6) is 0 Å². The van der Waals surface area contributed by atoms with Crippen molar-refractivity contribution < 1.29 is 4.79 Å². The fourth-order valence-corrected chi connectivity index (χ4v) is 7.37. The van der Waals surface area contributed by atoms with Crippen molar-refractivity contribution in [1.29, 1.82) is 0 Å². The quantitative estimate of drug-likeness (QED) is 0.800. The third-order valence-electron chi connectivity index (χ3n) is 8.59. The second-order valence-electron chi connectivity index (χ2n) is 9.91. The molecule has 3 aliphatic carbocycles. The molecule has 4 heteroatoms. The largest absolute Gasteiger partial charge is 0.345 e. The monoisotopic (exact) mass is 365 g/mol. The van der Waals surface area contributed by atoms with Gasteiger partial charge in [-0.3, -0.25) is 4.79 Å². The first-order valence-corrected chi connectivity index (χ1v) is 10.6. The first kappa shape index (κ1) is 17.3. The van der Waals surface area contributed by atoms with Gasteiger partial charge in [-0.25, -0.2) is 4.98 Å². The predicted molar refractivity (Wildman–Crippen MR) is 107 cm³/mol. The Labute approximate surface area is 162 Å². The lowest BCUT2D eigenvalue weighted by Crippen LogP contribution is -2.60. The molecule has 3 saturated carbocycles. The molecule has 2 heterocycles. The molecule has 0 radical (unpaired) electrons. The first-order chi connectivity index (χ1) is 12.9. The molecule has 144 valence electrons. The Morgan fingerprint density at radius 3 is 2.89 bits per heavy atom. The normalized spacial score (nSPS) is 44.9. The van der Waals surface area contributed by atoms with E-state index in [-0.39, 0.29) is 17.4 Å². The van der Waals surface area contributed by atoms with Gasteiger partial charge in [0, 0.05) is 24.9 Å². The van der Waals surface area contributed by atoms with Crippen molar-refractivity contribution in [2.45, 2.75) is 58.4 Å². The minimum Gasteiger partial charge on any atom is -0.345 e. The zero-order chi connectivity index (χ0) is 18.8. The molecule has 27 heavy (non-hydrogen) atoms. The van der Waals surface area contributed by atoms with E-state index < -0.39 is 0 Å². The summed E-state index contributed by atoms with van der Waals surface area (Å²) >= 11 is 0. The summed E-state index contributed by atoms with van der Waals surface area (Å²) in [7, 11) is 1.98. The molecule has 0 unspecified atom stereocenters. The topological polar surface area (TPSA) is 49.0 Å². The standard InChI is InChI=1S/C23H31N3O/c1-22-8-4-5-17(22)16-13-15(14-19-24-11-12-25-19)21-23(2,18(16)6-9-22)10-7-20(27)26(21)3/h7,10-12,14,16-18,21H,4-6,8-9,13H2,1-3H3,(H,24,25)/b15-14+/t16-,17-,18-,21+,22-,23+/m0/s1. The molecular formula is C23H31N3O. The predicted octanol–water partition coefficient (Wildman–Crippen LogP) is 4.43. The Bertz CT molecular complexity index is 810. The Hall–Kier alpha value is -1.84. The van der Waals surface area contributed by atoms with Gasteiger partial charge in [0.2, 0.25) is 5.91 Å². The fourth-order valence-electron chi connectivity index (χ4n) is 7.37. The lowest BCUT2D eigenvalue weighted by atomic mass is 9.47. The van der Waals surface area contributed by atoms with Crippen molar-refractivity contribution in [2.75, 3.05) is 7.05 Å². The molecule has 0 spiro atoms. The summed E-state index contributed by atoms with van der Waals surface area (Å²) < 4.78 is 0. The van der Waals surface area contributed by atoms with Crippen LogP contribution in [-0.2, 0) is 4.79 Å². The van der Waals surface area contributed by atoms with Crippen LogP contribution in [0, 0.1) is 28.6 Å². The Morgan fingerprint density at radius 2 is 2.11 bits per heavy atom. The van der Waals surface area contributed by atoms with Crippen LogP contribution in [0.1, 0.15) is 58.2 Å². The summed E-state index contributed by atoms with van der Waals surface area (Å²) in [6.07, 6.45) is 17.9. The average molecular weight is 366 g/mol. The maximum atomic E-state index is 12.5. The molecule has 5 rings (SSSR count). The first-order valence-electron chi connectivity index (χ1n) is 10.6. The highest BCUT2D eigenvalue weighted by Crippen LogP contribution is 2.64. The van der Waals surface area contributed by atoms with Crippen molar-refractivity contribution in [1.82, 2.24) is 14.9 Å². The van der Waals surface area contributed by atoms with Gasteiger partial charge in [-0.2, -0.15) is 0 Å². The molecule has 1 N–H and O–H groups in total. The molecule has 0 saturated heterocycles. The third-order valence-corrected chi connectivity index (χ3v) is 8.59. The number of nitrogens with zero attached hydrogens (tertiary/aromatic N) is 2. The van der Waals surface area contributed by atoms with Gasteiger partial charge < -0.3 is 9.88 Å². The van der Waals surface area contributed by atoms with Crippen molar-refractivity contribution in [3.8, 4) is 0 Å². The number of rotatable bonds is 1. The van der Waals surface area contributed by atoms with Crippen LogP contribution < -0.4 is 0 Å². The van der Waals surface area contributed by atoms with Gasteiger partial charge in [-0.05, 0) is 73.0 Å². The average Bonchev–Trinajstić information content (AvgIpc) is 3.27. The molecular weight excluding hydrogens is 334 g/mol. The molecule has 1 aromatic heterocycles. The van der Waals surface area contributed by atoms with E-state index >= 15 is 0 Å². The minimum atomic E-state index is 0.0217. The number of fused-ring (bicyclic) bond motifs is 5.